The van der Waals surface area contributed by atoms with Gasteiger partial charge in [-0.1, -0.05) is 30.3 Å². The average molecular weight is 462 g/mol. The van der Waals surface area contributed by atoms with E-state index in [4.69, 9.17) is 4.74 Å². The molecular weight excluding hydrogens is 447 g/mol. The summed E-state index contributed by atoms with van der Waals surface area (Å²) in [6.07, 6.45) is -1.44. The van der Waals surface area contributed by atoms with Gasteiger partial charge in [-0.25, -0.2) is 9.18 Å². The number of cyclic esters (lactones) is 1. The number of carbonyl (C=O) groups is 4. The topological polar surface area (TPSA) is 133 Å². The second-order valence-electron chi connectivity index (χ2n) is 7.36. The molecule has 0 fully saturated rings. The maximum absolute atomic E-state index is 14.4. The maximum atomic E-state index is 14.4. The lowest BCUT2D eigenvalue weighted by molar-refractivity contribution is -0.384. The molecule has 1 heterocycles. The highest BCUT2D eigenvalue weighted by Gasteiger charge is 2.46. The van der Waals surface area contributed by atoms with Crippen molar-refractivity contribution in [3.63, 3.8) is 0 Å². The molecule has 3 aromatic carbocycles. The van der Waals surface area contributed by atoms with E-state index < -0.39 is 51.8 Å². The second-order valence-corrected chi connectivity index (χ2v) is 7.36. The molecule has 1 N–H and O–H groups in total. The number of amides is 1. The van der Waals surface area contributed by atoms with E-state index in [0.29, 0.717) is 0 Å². The fourth-order valence-corrected chi connectivity index (χ4v) is 3.64. The first-order valence-corrected chi connectivity index (χ1v) is 9.96. The normalized spacial score (nSPS) is 15.1. The van der Waals surface area contributed by atoms with Gasteiger partial charge in [-0.2, -0.15) is 0 Å². The number of nitrogens with zero attached hydrogens (tertiary/aromatic N) is 1. The maximum Gasteiger partial charge on any atom is 0.339 e. The molecule has 1 amide bonds. The Balaban J connectivity index is 1.69. The number of benzene rings is 3. The lowest BCUT2D eigenvalue weighted by atomic mass is 9.84. The Hall–Kier alpha value is -4.73. The van der Waals surface area contributed by atoms with Crippen LogP contribution in [0.1, 0.15) is 32.4 Å². The van der Waals surface area contributed by atoms with Crippen LogP contribution in [-0.2, 0) is 14.3 Å². The molecule has 170 valence electrons. The first-order chi connectivity index (χ1) is 16.3. The van der Waals surface area contributed by atoms with Gasteiger partial charge in [0.15, 0.2) is 5.78 Å². The van der Waals surface area contributed by atoms with Gasteiger partial charge in [0.05, 0.1) is 16.1 Å². The summed E-state index contributed by atoms with van der Waals surface area (Å²) in [5.41, 5.74) is -0.262. The predicted octanol–water partition coefficient (Wildman–Crippen LogP) is 3.65. The number of halogens is 1. The molecule has 9 nitrogen and oxygen atoms in total. The van der Waals surface area contributed by atoms with Gasteiger partial charge in [0.2, 0.25) is 5.78 Å². The fourth-order valence-electron chi connectivity index (χ4n) is 3.64. The molecule has 0 saturated heterocycles. The summed E-state index contributed by atoms with van der Waals surface area (Å²) < 4.78 is 19.7. The quantitative estimate of drug-likeness (QED) is 0.141. The zero-order valence-electron chi connectivity index (χ0n) is 17.3. The number of non-ortho nitro benzene ring substituents is 1. The molecule has 0 aliphatic carbocycles. The van der Waals surface area contributed by atoms with Crippen LogP contribution in [0, 0.1) is 21.8 Å². The van der Waals surface area contributed by atoms with Gasteiger partial charge in [-0.05, 0) is 30.3 Å². The predicted molar refractivity (Wildman–Crippen MR) is 116 cm³/mol. The Morgan fingerprint density at radius 2 is 1.62 bits per heavy atom. The third kappa shape index (κ3) is 4.16. The largest absolute Gasteiger partial charge is 0.453 e. The SMILES string of the molecule is O=C(Nc1ccc([N+](=O)[O-])cc1)C(=O)[C@H](C(=O)c1ccccc1F)[C@@H]1OC(=O)c2ccccc21. The smallest absolute Gasteiger partial charge is 0.339 e. The van der Waals surface area contributed by atoms with E-state index in [1.807, 2.05) is 0 Å². The van der Waals surface area contributed by atoms with Crippen molar-refractivity contribution in [2.45, 2.75) is 6.10 Å². The Kier molecular flexibility index (Phi) is 5.96. The zero-order valence-corrected chi connectivity index (χ0v) is 17.3. The second kappa shape index (κ2) is 9.02. The van der Waals surface area contributed by atoms with E-state index in [0.717, 1.165) is 24.3 Å². The molecule has 0 unspecified atom stereocenters. The Morgan fingerprint density at radius 3 is 2.29 bits per heavy atom. The van der Waals surface area contributed by atoms with Crippen LogP contribution in [0.2, 0.25) is 0 Å². The molecule has 2 atom stereocenters. The van der Waals surface area contributed by atoms with Crippen molar-refractivity contribution in [3.8, 4) is 0 Å². The van der Waals surface area contributed by atoms with Gasteiger partial charge < -0.3 is 10.1 Å². The monoisotopic (exact) mass is 462 g/mol. The molecule has 0 saturated carbocycles. The number of ketones is 2. The molecule has 0 aromatic heterocycles. The molecule has 1 aliphatic rings. The van der Waals surface area contributed by atoms with Crippen molar-refractivity contribution in [1.82, 2.24) is 0 Å². The molecular formula is C24H15FN2O7. The highest BCUT2D eigenvalue weighted by atomic mass is 19.1. The highest BCUT2D eigenvalue weighted by Crippen LogP contribution is 2.38. The number of nitro groups is 1. The summed E-state index contributed by atoms with van der Waals surface area (Å²) in [5, 5.41) is 13.1. The van der Waals surface area contributed by atoms with Crippen LogP contribution < -0.4 is 5.32 Å². The minimum atomic E-state index is -1.86. The molecule has 0 spiro atoms. The first-order valence-electron chi connectivity index (χ1n) is 9.96. The number of carbonyl (C=O) groups excluding carboxylic acids is 4. The number of anilines is 1. The van der Waals surface area contributed by atoms with Crippen LogP contribution in [0.5, 0.6) is 0 Å². The van der Waals surface area contributed by atoms with E-state index >= 15 is 0 Å². The van der Waals surface area contributed by atoms with Crippen LogP contribution in [0.4, 0.5) is 15.8 Å². The van der Waals surface area contributed by atoms with E-state index in [1.54, 1.807) is 12.1 Å². The number of nitrogens with one attached hydrogen (secondary N) is 1. The molecule has 0 radical (unpaired) electrons. The van der Waals surface area contributed by atoms with Crippen molar-refractivity contribution in [3.05, 3.63) is 105 Å². The van der Waals surface area contributed by atoms with Gasteiger partial charge in [-0.15, -0.1) is 0 Å². The molecule has 1 aliphatic heterocycles. The zero-order chi connectivity index (χ0) is 24.4. The standard InChI is InChI=1S/C24H15FN2O7/c25-18-8-4-3-7-17(18)20(28)19(22-15-5-1-2-6-16(15)24(31)34-22)21(29)23(30)26-13-9-11-14(12-10-13)27(32)33/h1-12,19,22H,(H,26,30)/t19-,22+/m0/s1. The van der Waals surface area contributed by atoms with Crippen LogP contribution in [0.3, 0.4) is 0 Å². The average Bonchev–Trinajstić information content (AvgIpc) is 3.16. The van der Waals surface area contributed by atoms with Crippen molar-refractivity contribution in [1.29, 1.82) is 0 Å². The van der Waals surface area contributed by atoms with Gasteiger partial charge >= 0.3 is 5.97 Å². The molecule has 4 rings (SSSR count). The van der Waals surface area contributed by atoms with E-state index in [2.05, 4.69) is 5.32 Å². The minimum absolute atomic E-state index is 0.0601. The van der Waals surface area contributed by atoms with Crippen molar-refractivity contribution in [2.75, 3.05) is 5.32 Å². The summed E-state index contributed by atoms with van der Waals surface area (Å²) in [4.78, 5) is 61.7. The van der Waals surface area contributed by atoms with Crippen molar-refractivity contribution >= 4 is 34.8 Å². The summed E-state index contributed by atoms with van der Waals surface area (Å²) in [6, 6.07) is 15.7. The summed E-state index contributed by atoms with van der Waals surface area (Å²) in [7, 11) is 0. The van der Waals surface area contributed by atoms with E-state index in [9.17, 15) is 33.7 Å². The van der Waals surface area contributed by atoms with Crippen LogP contribution in [0.25, 0.3) is 0 Å². The van der Waals surface area contributed by atoms with E-state index in [-0.39, 0.29) is 22.5 Å². The van der Waals surface area contributed by atoms with Crippen LogP contribution in [-0.4, -0.2) is 28.4 Å². The summed E-state index contributed by atoms with van der Waals surface area (Å²) in [6.45, 7) is 0. The number of ether oxygens (including phenoxy) is 1. The van der Waals surface area contributed by atoms with Gasteiger partial charge in [0.25, 0.3) is 11.6 Å². The third-order valence-electron chi connectivity index (χ3n) is 5.29. The Morgan fingerprint density at radius 1 is 0.971 bits per heavy atom. The van der Waals surface area contributed by atoms with Gasteiger partial charge in [-0.3, -0.25) is 24.5 Å². The first kappa shape index (κ1) is 22.5. The number of esters is 1. The number of rotatable bonds is 7. The molecule has 34 heavy (non-hydrogen) atoms. The molecule has 0 bridgehead atoms. The van der Waals surface area contributed by atoms with Crippen LogP contribution in [0.15, 0.2) is 72.8 Å². The van der Waals surface area contributed by atoms with Crippen molar-refractivity contribution < 1.29 is 33.2 Å². The third-order valence-corrected chi connectivity index (χ3v) is 5.29. The number of hydrogen-bond acceptors (Lipinski definition) is 7. The number of hydrogen-bond donors (Lipinski definition) is 1. The lowest BCUT2D eigenvalue weighted by Crippen LogP contribution is -2.38. The highest BCUT2D eigenvalue weighted by molar-refractivity contribution is 6.45. The molecule has 10 heteroatoms. The van der Waals surface area contributed by atoms with Gasteiger partial charge in [0, 0.05) is 23.4 Å². The summed E-state index contributed by atoms with van der Waals surface area (Å²) in [5.74, 6) is -7.07. The lowest BCUT2D eigenvalue weighted by Gasteiger charge is -2.21. The minimum Gasteiger partial charge on any atom is -0.453 e. The fraction of sp³-hybridized carbons (Fsp3) is 0.0833. The number of Topliss-reactive ketones (excluding diaryl/α,β-unsaturated/α-hetero) is 2. The van der Waals surface area contributed by atoms with Crippen LogP contribution >= 0.6 is 0 Å². The Bertz CT molecular complexity index is 1340. The summed E-state index contributed by atoms with van der Waals surface area (Å²) >= 11 is 0. The van der Waals surface area contributed by atoms with E-state index in [1.165, 1.54) is 36.4 Å². The van der Waals surface area contributed by atoms with Crippen molar-refractivity contribution in [2.24, 2.45) is 5.92 Å². The van der Waals surface area contributed by atoms with Gasteiger partial charge in [0.1, 0.15) is 17.8 Å². The Labute approximate surface area is 191 Å². The number of nitro benzene ring substituents is 1. The molecule has 3 aromatic rings. The number of fused-ring (bicyclic) bond motifs is 1.